The van der Waals surface area contributed by atoms with Gasteiger partial charge in [0.25, 0.3) is 0 Å². The highest BCUT2D eigenvalue weighted by Crippen LogP contribution is 2.07. The first-order chi connectivity index (χ1) is 4.59. The largest absolute Gasteiger partial charge is 0.392 e. The molecule has 0 aromatic rings. The van der Waals surface area contributed by atoms with Crippen molar-refractivity contribution in [3.8, 4) is 0 Å². The second-order valence-electron chi connectivity index (χ2n) is 2.44. The summed E-state index contributed by atoms with van der Waals surface area (Å²) in [7, 11) is 0. The Hall–Kier alpha value is -0.440. The molecule has 10 heavy (non-hydrogen) atoms. The fourth-order valence-corrected chi connectivity index (χ4v) is 0.633. The monoisotopic (exact) mass is 148 g/mol. The average Bonchev–Trinajstić information content (AvgIpc) is 1.87. The standard InChI is InChI=1S/C7H13FO2/c1-5(6(2)9)7(10)3-4-8/h5,7,10H,3-4H2,1-2H3/t5-,7-/m1/s1. The molecular formula is C7H13FO2. The van der Waals surface area contributed by atoms with Crippen LogP contribution in [0.2, 0.25) is 0 Å². The van der Waals surface area contributed by atoms with Crippen molar-refractivity contribution in [1.82, 2.24) is 0 Å². The Morgan fingerprint density at radius 1 is 1.70 bits per heavy atom. The van der Waals surface area contributed by atoms with Gasteiger partial charge in [0.05, 0.1) is 12.8 Å². The van der Waals surface area contributed by atoms with Crippen LogP contribution in [0.15, 0.2) is 0 Å². The SMILES string of the molecule is CC(=O)[C@@H](C)[C@H](O)CCF. The molecule has 3 heteroatoms. The maximum atomic E-state index is 11.6. The van der Waals surface area contributed by atoms with Crippen molar-refractivity contribution >= 4 is 5.78 Å². The number of carbonyl (C=O) groups excluding carboxylic acids is 1. The quantitative estimate of drug-likeness (QED) is 0.644. The summed E-state index contributed by atoms with van der Waals surface area (Å²) in [5, 5.41) is 9.03. The second-order valence-corrected chi connectivity index (χ2v) is 2.44. The van der Waals surface area contributed by atoms with E-state index in [0.717, 1.165) is 0 Å². The van der Waals surface area contributed by atoms with Gasteiger partial charge >= 0.3 is 0 Å². The smallest absolute Gasteiger partial charge is 0.135 e. The zero-order chi connectivity index (χ0) is 8.15. The molecule has 0 saturated heterocycles. The maximum absolute atomic E-state index is 11.6. The van der Waals surface area contributed by atoms with E-state index in [9.17, 15) is 9.18 Å². The number of aliphatic hydroxyl groups excluding tert-OH is 1. The third kappa shape index (κ3) is 2.92. The van der Waals surface area contributed by atoms with Crippen molar-refractivity contribution in [2.75, 3.05) is 6.67 Å². The van der Waals surface area contributed by atoms with Crippen LogP contribution in [-0.2, 0) is 4.79 Å². The van der Waals surface area contributed by atoms with Gasteiger partial charge in [-0.2, -0.15) is 0 Å². The van der Waals surface area contributed by atoms with Crippen LogP contribution in [-0.4, -0.2) is 23.7 Å². The van der Waals surface area contributed by atoms with Crippen molar-refractivity contribution < 1.29 is 14.3 Å². The van der Waals surface area contributed by atoms with Gasteiger partial charge in [-0.15, -0.1) is 0 Å². The lowest BCUT2D eigenvalue weighted by Crippen LogP contribution is -2.24. The summed E-state index contributed by atoms with van der Waals surface area (Å²) in [5.74, 6) is -0.531. The molecule has 0 aromatic carbocycles. The van der Waals surface area contributed by atoms with E-state index < -0.39 is 18.7 Å². The first-order valence-corrected chi connectivity index (χ1v) is 3.34. The van der Waals surface area contributed by atoms with Crippen molar-refractivity contribution in [2.45, 2.75) is 26.4 Å². The van der Waals surface area contributed by atoms with E-state index in [1.807, 2.05) is 0 Å². The fraction of sp³-hybridized carbons (Fsp3) is 0.857. The fourth-order valence-electron chi connectivity index (χ4n) is 0.633. The molecule has 0 rings (SSSR count). The van der Waals surface area contributed by atoms with Crippen molar-refractivity contribution in [1.29, 1.82) is 0 Å². The molecule has 2 atom stereocenters. The number of aliphatic hydroxyl groups is 1. The number of rotatable bonds is 4. The van der Waals surface area contributed by atoms with Crippen molar-refractivity contribution in [2.24, 2.45) is 5.92 Å². The molecule has 0 spiro atoms. The molecule has 0 heterocycles. The second kappa shape index (κ2) is 4.39. The number of Topliss-reactive ketones (excluding diaryl/α,β-unsaturated/α-hetero) is 1. The third-order valence-electron chi connectivity index (χ3n) is 1.62. The summed E-state index contributed by atoms with van der Waals surface area (Å²) in [6.07, 6.45) is -0.761. The van der Waals surface area contributed by atoms with E-state index >= 15 is 0 Å². The van der Waals surface area contributed by atoms with Crippen LogP contribution in [0.4, 0.5) is 4.39 Å². The van der Waals surface area contributed by atoms with Crippen LogP contribution in [0.25, 0.3) is 0 Å². The van der Waals surface area contributed by atoms with Gasteiger partial charge in [-0.05, 0) is 6.92 Å². The summed E-state index contributed by atoms with van der Waals surface area (Å²) in [5.41, 5.74) is 0. The highest BCUT2D eigenvalue weighted by Gasteiger charge is 2.17. The lowest BCUT2D eigenvalue weighted by Gasteiger charge is -2.13. The number of hydrogen-bond acceptors (Lipinski definition) is 2. The summed E-state index contributed by atoms with van der Waals surface area (Å²) < 4.78 is 11.6. The predicted molar refractivity (Wildman–Crippen MR) is 36.4 cm³/mol. The van der Waals surface area contributed by atoms with Gasteiger partial charge in [0.15, 0.2) is 0 Å². The molecule has 2 nitrogen and oxygen atoms in total. The Morgan fingerprint density at radius 3 is 2.50 bits per heavy atom. The van der Waals surface area contributed by atoms with Crippen LogP contribution in [0.3, 0.4) is 0 Å². The van der Waals surface area contributed by atoms with Crippen molar-refractivity contribution in [3.05, 3.63) is 0 Å². The Labute approximate surface area is 60.1 Å². The molecule has 0 bridgehead atoms. The van der Waals surface area contributed by atoms with Gasteiger partial charge in [-0.1, -0.05) is 6.92 Å². The molecule has 0 aromatic heterocycles. The number of hydrogen-bond donors (Lipinski definition) is 1. The summed E-state index contributed by atoms with van der Waals surface area (Å²) in [4.78, 5) is 10.6. The molecule has 60 valence electrons. The lowest BCUT2D eigenvalue weighted by molar-refractivity contribution is -0.123. The van der Waals surface area contributed by atoms with Crippen LogP contribution >= 0.6 is 0 Å². The summed E-state index contributed by atoms with van der Waals surface area (Å²) in [6.45, 7) is 2.42. The van der Waals surface area contributed by atoms with Crippen LogP contribution in [0.5, 0.6) is 0 Å². The topological polar surface area (TPSA) is 37.3 Å². The van der Waals surface area contributed by atoms with Crippen LogP contribution < -0.4 is 0 Å². The molecule has 0 radical (unpaired) electrons. The highest BCUT2D eigenvalue weighted by atomic mass is 19.1. The van der Waals surface area contributed by atoms with E-state index in [2.05, 4.69) is 0 Å². The zero-order valence-corrected chi connectivity index (χ0v) is 6.30. The zero-order valence-electron chi connectivity index (χ0n) is 6.30. The van der Waals surface area contributed by atoms with Crippen LogP contribution in [0.1, 0.15) is 20.3 Å². The lowest BCUT2D eigenvalue weighted by atomic mass is 9.99. The first-order valence-electron chi connectivity index (χ1n) is 3.34. The maximum Gasteiger partial charge on any atom is 0.135 e. The van der Waals surface area contributed by atoms with Gasteiger partial charge in [0.1, 0.15) is 5.78 Å². The van der Waals surface area contributed by atoms with Crippen molar-refractivity contribution in [3.63, 3.8) is 0 Å². The summed E-state index contributed by atoms with van der Waals surface area (Å²) in [6, 6.07) is 0. The summed E-state index contributed by atoms with van der Waals surface area (Å²) >= 11 is 0. The number of alkyl halides is 1. The van der Waals surface area contributed by atoms with Gasteiger partial charge in [-0.25, -0.2) is 0 Å². The minimum absolute atomic E-state index is 0.0563. The third-order valence-corrected chi connectivity index (χ3v) is 1.62. The minimum atomic E-state index is -0.817. The van der Waals surface area contributed by atoms with Gasteiger partial charge in [0, 0.05) is 12.3 Å². The normalized spacial score (nSPS) is 16.4. The Balaban J connectivity index is 3.69. The predicted octanol–water partition coefficient (Wildman–Crippen LogP) is 0.932. The van der Waals surface area contributed by atoms with Gasteiger partial charge in [-0.3, -0.25) is 9.18 Å². The Morgan fingerprint density at radius 2 is 2.20 bits per heavy atom. The molecule has 0 unspecified atom stereocenters. The molecule has 0 aliphatic carbocycles. The molecule has 0 saturated carbocycles. The van der Waals surface area contributed by atoms with Gasteiger partial charge in [0.2, 0.25) is 0 Å². The van der Waals surface area contributed by atoms with E-state index in [1.54, 1.807) is 6.92 Å². The van der Waals surface area contributed by atoms with Crippen LogP contribution in [0, 0.1) is 5.92 Å². The average molecular weight is 148 g/mol. The first kappa shape index (κ1) is 9.56. The number of halogens is 1. The molecule has 0 fully saturated rings. The molecule has 0 aliphatic heterocycles. The Kier molecular flexibility index (Phi) is 4.19. The van der Waals surface area contributed by atoms with E-state index in [4.69, 9.17) is 5.11 Å². The molecular weight excluding hydrogens is 135 g/mol. The van der Waals surface area contributed by atoms with Gasteiger partial charge < -0.3 is 5.11 Å². The number of ketones is 1. The van der Waals surface area contributed by atoms with E-state index in [-0.39, 0.29) is 12.2 Å². The Bertz CT molecular complexity index is 114. The minimum Gasteiger partial charge on any atom is -0.392 e. The van der Waals surface area contributed by atoms with E-state index in [0.29, 0.717) is 0 Å². The molecule has 1 N–H and O–H groups in total. The number of carbonyl (C=O) groups is 1. The van der Waals surface area contributed by atoms with E-state index in [1.165, 1.54) is 6.92 Å². The molecule has 0 aliphatic rings. The molecule has 0 amide bonds. The highest BCUT2D eigenvalue weighted by molar-refractivity contribution is 5.78.